The van der Waals surface area contributed by atoms with E-state index in [1.807, 2.05) is 0 Å². The first kappa shape index (κ1) is 18.0. The van der Waals surface area contributed by atoms with Gasteiger partial charge in [0.05, 0.1) is 25.5 Å². The smallest absolute Gasteiger partial charge is 0.342 e. The summed E-state index contributed by atoms with van der Waals surface area (Å²) in [7, 11) is 2.68. The van der Waals surface area contributed by atoms with Crippen LogP contribution < -0.4 is 10.1 Å². The lowest BCUT2D eigenvalue weighted by Gasteiger charge is -2.11. The summed E-state index contributed by atoms with van der Waals surface area (Å²) in [6.45, 7) is -0.508. The van der Waals surface area contributed by atoms with Crippen LogP contribution >= 0.6 is 0 Å². The average molecular weight is 343 g/mol. The maximum Gasteiger partial charge on any atom is 0.342 e. The van der Waals surface area contributed by atoms with Crippen LogP contribution in [0.15, 0.2) is 48.5 Å². The van der Waals surface area contributed by atoms with E-state index in [0.717, 1.165) is 0 Å². The Bertz CT molecular complexity index is 787. The Labute approximate surface area is 144 Å². The molecule has 7 nitrogen and oxygen atoms in total. The molecule has 130 valence electrons. The van der Waals surface area contributed by atoms with Crippen LogP contribution in [0.2, 0.25) is 0 Å². The van der Waals surface area contributed by atoms with Crippen molar-refractivity contribution >= 4 is 23.5 Å². The molecule has 2 aromatic carbocycles. The molecule has 0 bridgehead atoms. The molecule has 2 aromatic rings. The Morgan fingerprint density at radius 2 is 1.52 bits per heavy atom. The van der Waals surface area contributed by atoms with Gasteiger partial charge in [0.15, 0.2) is 6.61 Å². The summed E-state index contributed by atoms with van der Waals surface area (Å²) in [4.78, 5) is 35.7. The highest BCUT2D eigenvalue weighted by molar-refractivity contribution is 6.02. The van der Waals surface area contributed by atoms with Gasteiger partial charge in [-0.25, -0.2) is 9.59 Å². The SMILES string of the molecule is COC(=O)c1ccccc1NC(=O)COC(=O)c1ccccc1OC. The number of carbonyl (C=O) groups is 3. The molecule has 7 heteroatoms. The van der Waals surface area contributed by atoms with Gasteiger partial charge in [-0.2, -0.15) is 0 Å². The monoisotopic (exact) mass is 343 g/mol. The minimum atomic E-state index is -0.686. The van der Waals surface area contributed by atoms with Gasteiger partial charge in [0.1, 0.15) is 11.3 Å². The predicted molar refractivity (Wildman–Crippen MR) is 89.7 cm³/mol. The van der Waals surface area contributed by atoms with Crippen molar-refractivity contribution in [1.29, 1.82) is 0 Å². The molecule has 1 N–H and O–H groups in total. The van der Waals surface area contributed by atoms with Crippen molar-refractivity contribution < 1.29 is 28.6 Å². The summed E-state index contributed by atoms with van der Waals surface area (Å²) in [5, 5.41) is 2.51. The first-order chi connectivity index (χ1) is 12.1. The van der Waals surface area contributed by atoms with E-state index in [0.29, 0.717) is 5.75 Å². The molecule has 0 heterocycles. The zero-order valence-corrected chi connectivity index (χ0v) is 13.8. The standard InChI is InChI=1S/C18H17NO6/c1-23-15-10-6-4-8-13(15)18(22)25-11-16(20)19-14-9-5-3-7-12(14)17(21)24-2/h3-10H,11H2,1-2H3,(H,19,20). The van der Waals surface area contributed by atoms with Gasteiger partial charge < -0.3 is 19.5 Å². The molecule has 0 aromatic heterocycles. The Kier molecular flexibility index (Phi) is 6.11. The molecule has 25 heavy (non-hydrogen) atoms. The molecule has 0 saturated carbocycles. The van der Waals surface area contributed by atoms with E-state index in [2.05, 4.69) is 10.1 Å². The number of methoxy groups -OCH3 is 2. The van der Waals surface area contributed by atoms with Gasteiger partial charge in [-0.3, -0.25) is 4.79 Å². The lowest BCUT2D eigenvalue weighted by atomic mass is 10.2. The van der Waals surface area contributed by atoms with Crippen molar-refractivity contribution in [1.82, 2.24) is 0 Å². The first-order valence-corrected chi connectivity index (χ1v) is 7.34. The first-order valence-electron chi connectivity index (χ1n) is 7.34. The van der Waals surface area contributed by atoms with Gasteiger partial charge in [0, 0.05) is 0 Å². The molecule has 0 saturated heterocycles. The Morgan fingerprint density at radius 1 is 0.880 bits per heavy atom. The molecule has 2 rings (SSSR count). The van der Waals surface area contributed by atoms with E-state index in [4.69, 9.17) is 9.47 Å². The van der Waals surface area contributed by atoms with Gasteiger partial charge in [-0.1, -0.05) is 24.3 Å². The maximum absolute atomic E-state index is 12.0. The van der Waals surface area contributed by atoms with E-state index < -0.39 is 24.5 Å². The van der Waals surface area contributed by atoms with E-state index in [1.54, 1.807) is 36.4 Å². The molecular formula is C18H17NO6. The number of para-hydroxylation sites is 2. The Morgan fingerprint density at radius 3 is 2.20 bits per heavy atom. The number of esters is 2. The number of hydrogen-bond donors (Lipinski definition) is 1. The second kappa shape index (κ2) is 8.49. The molecule has 0 aliphatic rings. The highest BCUT2D eigenvalue weighted by atomic mass is 16.5. The molecular weight excluding hydrogens is 326 g/mol. The fourth-order valence-electron chi connectivity index (χ4n) is 2.09. The van der Waals surface area contributed by atoms with Crippen LogP contribution in [0.3, 0.4) is 0 Å². The number of hydrogen-bond acceptors (Lipinski definition) is 6. The van der Waals surface area contributed by atoms with Crippen LogP contribution in [0, 0.1) is 0 Å². The summed E-state index contributed by atoms with van der Waals surface area (Å²) in [5.41, 5.74) is 0.690. The summed E-state index contributed by atoms with van der Waals surface area (Å²) >= 11 is 0. The predicted octanol–water partition coefficient (Wildman–Crippen LogP) is 2.28. The van der Waals surface area contributed by atoms with E-state index in [9.17, 15) is 14.4 Å². The van der Waals surface area contributed by atoms with Gasteiger partial charge in [-0.15, -0.1) is 0 Å². The average Bonchev–Trinajstić information content (AvgIpc) is 2.65. The van der Waals surface area contributed by atoms with Crippen LogP contribution in [0.25, 0.3) is 0 Å². The number of nitrogens with one attached hydrogen (secondary N) is 1. The number of amides is 1. The van der Waals surface area contributed by atoms with Gasteiger partial charge in [-0.05, 0) is 24.3 Å². The van der Waals surface area contributed by atoms with Crippen molar-refractivity contribution in [2.75, 3.05) is 26.1 Å². The summed E-state index contributed by atoms with van der Waals surface area (Å²) in [5.74, 6) is -1.50. The normalized spacial score (nSPS) is 9.84. The fraction of sp³-hybridized carbons (Fsp3) is 0.167. The van der Waals surface area contributed by atoms with Crippen LogP contribution in [-0.2, 0) is 14.3 Å². The van der Waals surface area contributed by atoms with Crippen LogP contribution in [0.5, 0.6) is 5.75 Å². The van der Waals surface area contributed by atoms with Crippen LogP contribution in [-0.4, -0.2) is 38.7 Å². The minimum Gasteiger partial charge on any atom is -0.496 e. The molecule has 1 amide bonds. The largest absolute Gasteiger partial charge is 0.496 e. The zero-order valence-electron chi connectivity index (χ0n) is 13.8. The number of ether oxygens (including phenoxy) is 3. The minimum absolute atomic E-state index is 0.203. The maximum atomic E-state index is 12.0. The molecule has 0 unspecified atom stereocenters. The topological polar surface area (TPSA) is 90.9 Å². The van der Waals surface area contributed by atoms with Crippen LogP contribution in [0.4, 0.5) is 5.69 Å². The van der Waals surface area contributed by atoms with Crippen molar-refractivity contribution in [3.63, 3.8) is 0 Å². The zero-order chi connectivity index (χ0) is 18.2. The van der Waals surface area contributed by atoms with Gasteiger partial charge in [0.25, 0.3) is 5.91 Å². The molecule has 0 spiro atoms. The Hall–Kier alpha value is -3.35. The van der Waals surface area contributed by atoms with E-state index in [-0.39, 0.29) is 16.8 Å². The summed E-state index contributed by atoms with van der Waals surface area (Å²) in [6.07, 6.45) is 0. The second-order valence-electron chi connectivity index (χ2n) is 4.86. The number of carbonyl (C=O) groups excluding carboxylic acids is 3. The highest BCUT2D eigenvalue weighted by Crippen LogP contribution is 2.19. The summed E-state index contributed by atoms with van der Waals surface area (Å²) < 4.78 is 14.7. The quantitative estimate of drug-likeness (QED) is 0.809. The lowest BCUT2D eigenvalue weighted by molar-refractivity contribution is -0.119. The van der Waals surface area contributed by atoms with Crippen molar-refractivity contribution in [3.8, 4) is 5.75 Å². The fourth-order valence-corrected chi connectivity index (χ4v) is 2.09. The molecule has 0 fully saturated rings. The third-order valence-corrected chi connectivity index (χ3v) is 3.27. The highest BCUT2D eigenvalue weighted by Gasteiger charge is 2.16. The van der Waals surface area contributed by atoms with Crippen molar-refractivity contribution in [2.45, 2.75) is 0 Å². The third-order valence-electron chi connectivity index (χ3n) is 3.27. The lowest BCUT2D eigenvalue weighted by Crippen LogP contribution is -2.22. The van der Waals surface area contributed by atoms with Crippen LogP contribution in [0.1, 0.15) is 20.7 Å². The molecule has 0 atom stereocenters. The van der Waals surface area contributed by atoms with E-state index >= 15 is 0 Å². The second-order valence-corrected chi connectivity index (χ2v) is 4.86. The van der Waals surface area contributed by atoms with Gasteiger partial charge in [0.2, 0.25) is 0 Å². The van der Waals surface area contributed by atoms with Crippen molar-refractivity contribution in [3.05, 3.63) is 59.7 Å². The summed E-state index contributed by atoms with van der Waals surface area (Å²) in [6, 6.07) is 12.9. The van der Waals surface area contributed by atoms with Gasteiger partial charge >= 0.3 is 11.9 Å². The number of rotatable bonds is 6. The molecule has 0 aliphatic carbocycles. The van der Waals surface area contributed by atoms with Crippen molar-refractivity contribution in [2.24, 2.45) is 0 Å². The molecule has 0 radical (unpaired) electrons. The van der Waals surface area contributed by atoms with E-state index in [1.165, 1.54) is 26.4 Å². The Balaban J connectivity index is 2.00. The number of benzene rings is 2. The molecule has 0 aliphatic heterocycles. The number of anilines is 1. The third kappa shape index (κ3) is 4.57.